The number of hydrogen-bond acceptors (Lipinski definition) is 3. The highest BCUT2D eigenvalue weighted by Gasteiger charge is 2.16. The number of likely N-dealkylation sites (N-methyl/N-ethyl adjacent to an activating group) is 1. The number of rotatable bonds is 6. The molecule has 1 aromatic heterocycles. The van der Waals surface area contributed by atoms with Gasteiger partial charge in [-0.05, 0) is 110 Å². The van der Waals surface area contributed by atoms with Crippen LogP contribution in [0.1, 0.15) is 72.5 Å². The van der Waals surface area contributed by atoms with Gasteiger partial charge in [0.15, 0.2) is 0 Å². The van der Waals surface area contributed by atoms with E-state index in [1.807, 2.05) is 18.3 Å². The van der Waals surface area contributed by atoms with E-state index in [1.165, 1.54) is 11.1 Å². The number of hydrogen-bond donors (Lipinski definition) is 0. The van der Waals surface area contributed by atoms with Crippen LogP contribution in [-0.4, -0.2) is 36.6 Å². The summed E-state index contributed by atoms with van der Waals surface area (Å²) in [6, 6.07) is 19.1. The summed E-state index contributed by atoms with van der Waals surface area (Å²) in [5.74, 6) is 1.21. The lowest BCUT2D eigenvalue weighted by atomic mass is 9.88. The molecule has 1 aliphatic rings. The molecule has 196 valence electrons. The van der Waals surface area contributed by atoms with E-state index in [2.05, 4.69) is 105 Å². The Bertz CT molecular complexity index is 1360. The fourth-order valence-corrected chi connectivity index (χ4v) is 5.03. The fraction of sp³-hybridized carbons (Fsp3) is 0.314. The highest BCUT2D eigenvalue weighted by Crippen LogP contribution is 2.35. The molecule has 2 aromatic carbocycles. The van der Waals surface area contributed by atoms with Crippen LogP contribution in [0, 0.1) is 6.92 Å². The maximum absolute atomic E-state index is 6.23. The summed E-state index contributed by atoms with van der Waals surface area (Å²) in [6.45, 7) is 17.8. The molecule has 38 heavy (non-hydrogen) atoms. The van der Waals surface area contributed by atoms with E-state index in [1.54, 1.807) is 0 Å². The normalized spacial score (nSPS) is 16.6. The Balaban J connectivity index is 1.63. The summed E-state index contributed by atoms with van der Waals surface area (Å²) in [6.07, 6.45) is 7.23. The molecule has 3 aromatic rings. The monoisotopic (exact) mass is 504 g/mol. The van der Waals surface area contributed by atoms with Crippen LogP contribution in [0.25, 0.3) is 16.7 Å². The molecule has 0 bridgehead atoms. The van der Waals surface area contributed by atoms with Gasteiger partial charge in [-0.2, -0.15) is 0 Å². The summed E-state index contributed by atoms with van der Waals surface area (Å²) < 4.78 is 6.23. The zero-order valence-corrected chi connectivity index (χ0v) is 23.4. The van der Waals surface area contributed by atoms with E-state index in [0.717, 1.165) is 77.2 Å². The van der Waals surface area contributed by atoms with Crippen molar-refractivity contribution in [3.63, 3.8) is 0 Å². The molecule has 0 saturated heterocycles. The lowest BCUT2D eigenvalue weighted by molar-refractivity contribution is 0.236. The first-order valence-corrected chi connectivity index (χ1v) is 13.6. The molecule has 0 aliphatic carbocycles. The van der Waals surface area contributed by atoms with Gasteiger partial charge in [-0.15, -0.1) is 5.73 Å². The van der Waals surface area contributed by atoms with Gasteiger partial charge in [0.1, 0.15) is 12.4 Å². The van der Waals surface area contributed by atoms with Crippen molar-refractivity contribution < 1.29 is 4.74 Å². The van der Waals surface area contributed by atoms with Crippen LogP contribution < -0.4 is 4.74 Å². The Morgan fingerprint density at radius 3 is 2.66 bits per heavy atom. The van der Waals surface area contributed by atoms with E-state index < -0.39 is 0 Å². The van der Waals surface area contributed by atoms with Gasteiger partial charge in [0, 0.05) is 35.5 Å². The molecule has 0 saturated carbocycles. The first-order valence-electron chi connectivity index (χ1n) is 13.6. The number of pyridine rings is 1. The van der Waals surface area contributed by atoms with Gasteiger partial charge in [-0.3, -0.25) is 4.98 Å². The summed E-state index contributed by atoms with van der Waals surface area (Å²) in [4.78, 5) is 6.88. The third-order valence-corrected chi connectivity index (χ3v) is 7.51. The minimum absolute atomic E-state index is 0.272. The SMILES string of the molecule is C=C=C(C[C@@H](C)c1ccccn1)c1ccc(C)c(C(=C)c2ccc3c(c2)/C(C)=C\CCCN(C)CCO3)c1. The van der Waals surface area contributed by atoms with E-state index in [-0.39, 0.29) is 5.92 Å². The predicted molar refractivity (Wildman–Crippen MR) is 161 cm³/mol. The van der Waals surface area contributed by atoms with E-state index in [9.17, 15) is 0 Å². The van der Waals surface area contributed by atoms with Crippen LogP contribution in [0.4, 0.5) is 0 Å². The Morgan fingerprint density at radius 1 is 1.08 bits per heavy atom. The van der Waals surface area contributed by atoms with Crippen LogP contribution in [0.3, 0.4) is 0 Å². The first kappa shape index (κ1) is 27.4. The lowest BCUT2D eigenvalue weighted by Crippen LogP contribution is -2.25. The molecular weight excluding hydrogens is 464 g/mol. The van der Waals surface area contributed by atoms with Crippen LogP contribution in [0.2, 0.25) is 0 Å². The van der Waals surface area contributed by atoms with E-state index >= 15 is 0 Å². The van der Waals surface area contributed by atoms with E-state index in [0.29, 0.717) is 6.61 Å². The van der Waals surface area contributed by atoms with Crippen molar-refractivity contribution in [2.75, 3.05) is 26.7 Å². The summed E-state index contributed by atoms with van der Waals surface area (Å²) >= 11 is 0. The maximum Gasteiger partial charge on any atom is 0.126 e. The largest absolute Gasteiger partial charge is 0.492 e. The summed E-state index contributed by atoms with van der Waals surface area (Å²) in [5.41, 5.74) is 13.4. The second-order valence-electron chi connectivity index (χ2n) is 10.4. The quantitative estimate of drug-likeness (QED) is 0.316. The van der Waals surface area contributed by atoms with Crippen molar-refractivity contribution in [1.29, 1.82) is 0 Å². The highest BCUT2D eigenvalue weighted by atomic mass is 16.5. The molecule has 0 spiro atoms. The molecule has 2 heterocycles. The molecule has 0 unspecified atom stereocenters. The minimum atomic E-state index is 0.272. The Labute approximate surface area is 228 Å². The number of aromatic nitrogens is 1. The average Bonchev–Trinajstić information content (AvgIpc) is 2.97. The molecule has 3 heteroatoms. The molecule has 1 aliphatic heterocycles. The van der Waals surface area contributed by atoms with Crippen molar-refractivity contribution in [2.24, 2.45) is 0 Å². The molecule has 0 N–H and O–H groups in total. The molecule has 4 rings (SSSR count). The van der Waals surface area contributed by atoms with Crippen molar-refractivity contribution >= 4 is 16.7 Å². The third-order valence-electron chi connectivity index (χ3n) is 7.51. The summed E-state index contributed by atoms with van der Waals surface area (Å²) in [7, 11) is 2.16. The number of aryl methyl sites for hydroxylation is 1. The second kappa shape index (κ2) is 12.7. The zero-order valence-electron chi connectivity index (χ0n) is 23.4. The maximum atomic E-state index is 6.23. The van der Waals surface area contributed by atoms with Crippen LogP contribution in [-0.2, 0) is 0 Å². The van der Waals surface area contributed by atoms with Crippen molar-refractivity contribution in [2.45, 2.75) is 46.0 Å². The molecule has 0 radical (unpaired) electrons. The standard InChI is InChI=1S/C35H40N2O/c1-7-29(22-27(4)34-13-8-10-18-36-34)31-15-14-26(3)32(24-31)28(5)30-16-17-35-33(23-30)25(2)12-9-11-19-37(6)20-21-38-35/h8,10,12-18,23-24,27H,1,5,9,11,19-22H2,2-4,6H3/b25-12-/t27-/m1/s1. The van der Waals surface area contributed by atoms with Gasteiger partial charge in [-0.25, -0.2) is 0 Å². The van der Waals surface area contributed by atoms with Crippen molar-refractivity contribution in [3.05, 3.63) is 119 Å². The number of allylic oxidation sites excluding steroid dienone is 3. The fourth-order valence-electron chi connectivity index (χ4n) is 5.03. The Morgan fingerprint density at radius 2 is 1.89 bits per heavy atom. The Hall–Kier alpha value is -3.65. The van der Waals surface area contributed by atoms with Gasteiger partial charge in [0.25, 0.3) is 0 Å². The van der Waals surface area contributed by atoms with Crippen molar-refractivity contribution in [3.8, 4) is 5.75 Å². The topological polar surface area (TPSA) is 25.4 Å². The van der Waals surface area contributed by atoms with Gasteiger partial charge >= 0.3 is 0 Å². The Kier molecular flexibility index (Phi) is 9.18. The molecule has 3 nitrogen and oxygen atoms in total. The highest BCUT2D eigenvalue weighted by molar-refractivity contribution is 5.84. The molecule has 0 fully saturated rings. The van der Waals surface area contributed by atoms with E-state index in [4.69, 9.17) is 4.74 Å². The lowest BCUT2D eigenvalue weighted by Gasteiger charge is -2.18. The minimum Gasteiger partial charge on any atom is -0.492 e. The summed E-state index contributed by atoms with van der Waals surface area (Å²) in [5, 5.41) is 0. The smallest absolute Gasteiger partial charge is 0.126 e. The van der Waals surface area contributed by atoms with Gasteiger partial charge < -0.3 is 9.64 Å². The molecule has 1 atom stereocenters. The average molecular weight is 505 g/mol. The van der Waals surface area contributed by atoms with Crippen LogP contribution >= 0.6 is 0 Å². The second-order valence-corrected chi connectivity index (χ2v) is 10.4. The van der Waals surface area contributed by atoms with Gasteiger partial charge in [0.05, 0.1) is 0 Å². The number of nitrogens with zero attached hydrogens (tertiary/aromatic N) is 2. The molecular formula is C35H40N2O. The third kappa shape index (κ3) is 6.61. The van der Waals surface area contributed by atoms with Crippen LogP contribution in [0.15, 0.2) is 85.8 Å². The number of fused-ring (bicyclic) bond motifs is 1. The number of ether oxygens (including phenoxy) is 1. The molecule has 0 amide bonds. The van der Waals surface area contributed by atoms with Gasteiger partial charge in [-0.1, -0.05) is 50.4 Å². The van der Waals surface area contributed by atoms with Crippen molar-refractivity contribution in [1.82, 2.24) is 9.88 Å². The van der Waals surface area contributed by atoms with Gasteiger partial charge in [0.2, 0.25) is 0 Å². The van der Waals surface area contributed by atoms with Crippen LogP contribution in [0.5, 0.6) is 5.75 Å². The number of benzene rings is 2. The zero-order chi connectivity index (χ0) is 27.1. The first-order chi connectivity index (χ1) is 18.4. The predicted octanol–water partition coefficient (Wildman–Crippen LogP) is 8.32.